The summed E-state index contributed by atoms with van der Waals surface area (Å²) < 4.78 is 12.9. The first-order valence-electron chi connectivity index (χ1n) is 9.98. The van der Waals surface area contributed by atoms with Crippen LogP contribution in [0.15, 0.2) is 36.4 Å². The highest BCUT2D eigenvalue weighted by Gasteiger charge is 2.24. The monoisotopic (exact) mass is 397 g/mol. The lowest BCUT2D eigenvalue weighted by Crippen LogP contribution is -2.50. The molecule has 0 bridgehead atoms. The van der Waals surface area contributed by atoms with Crippen LogP contribution in [0.2, 0.25) is 0 Å². The number of amides is 2. The number of carbonyl (C=O) groups excluding carboxylic acids is 2. The van der Waals surface area contributed by atoms with Gasteiger partial charge in [-0.15, -0.1) is 0 Å². The zero-order valence-corrected chi connectivity index (χ0v) is 17.3. The molecule has 2 aromatic rings. The summed E-state index contributed by atoms with van der Waals surface area (Å²) in [6.07, 6.45) is 0. The van der Waals surface area contributed by atoms with Gasteiger partial charge in [-0.05, 0) is 56.2 Å². The molecule has 0 spiro atoms. The van der Waals surface area contributed by atoms with Crippen molar-refractivity contribution in [3.8, 4) is 0 Å². The average molecular weight is 397 g/mol. The number of benzene rings is 2. The molecule has 5 nitrogen and oxygen atoms in total. The predicted octanol–water partition coefficient (Wildman–Crippen LogP) is 2.94. The van der Waals surface area contributed by atoms with Gasteiger partial charge in [-0.2, -0.15) is 0 Å². The second-order valence-electron chi connectivity index (χ2n) is 7.67. The maximum atomic E-state index is 13.0. The van der Waals surface area contributed by atoms with Crippen molar-refractivity contribution < 1.29 is 14.0 Å². The van der Waals surface area contributed by atoms with Crippen molar-refractivity contribution in [3.63, 3.8) is 0 Å². The van der Waals surface area contributed by atoms with Crippen LogP contribution in [0.1, 0.15) is 37.4 Å². The number of aryl methyl sites for hydroxylation is 3. The number of hydrogen-bond acceptors (Lipinski definition) is 3. The van der Waals surface area contributed by atoms with Gasteiger partial charge in [-0.25, -0.2) is 4.39 Å². The molecule has 29 heavy (non-hydrogen) atoms. The molecule has 2 aromatic carbocycles. The number of piperazine rings is 1. The fourth-order valence-corrected chi connectivity index (χ4v) is 3.88. The van der Waals surface area contributed by atoms with Crippen LogP contribution in [-0.4, -0.2) is 60.9 Å². The lowest BCUT2D eigenvalue weighted by atomic mass is 9.98. The van der Waals surface area contributed by atoms with Crippen LogP contribution in [0, 0.1) is 26.6 Å². The molecule has 1 fully saturated rings. The van der Waals surface area contributed by atoms with Crippen molar-refractivity contribution >= 4 is 11.8 Å². The van der Waals surface area contributed by atoms with E-state index in [1.807, 2.05) is 25.7 Å². The number of rotatable bonds is 5. The fraction of sp³-hybridized carbons (Fsp3) is 0.391. The first-order valence-corrected chi connectivity index (χ1v) is 9.98. The van der Waals surface area contributed by atoms with Crippen molar-refractivity contribution in [3.05, 3.63) is 70.0 Å². The van der Waals surface area contributed by atoms with E-state index >= 15 is 0 Å². The van der Waals surface area contributed by atoms with Gasteiger partial charge in [0, 0.05) is 50.4 Å². The molecule has 1 heterocycles. The molecular formula is C23H28FN3O2. The third-order valence-corrected chi connectivity index (χ3v) is 5.37. The SMILES string of the molecule is Cc1cc(C)c(C(=O)N2CCN(CCNC(=O)c3ccc(F)cc3)CC2)c(C)c1. The van der Waals surface area contributed by atoms with Crippen LogP contribution in [0.4, 0.5) is 4.39 Å². The van der Waals surface area contributed by atoms with Gasteiger partial charge >= 0.3 is 0 Å². The summed E-state index contributed by atoms with van der Waals surface area (Å²) in [4.78, 5) is 29.2. The van der Waals surface area contributed by atoms with Crippen LogP contribution in [0.3, 0.4) is 0 Å². The first-order chi connectivity index (χ1) is 13.8. The molecule has 1 aliphatic heterocycles. The minimum atomic E-state index is -0.356. The van der Waals surface area contributed by atoms with Crippen LogP contribution in [0.5, 0.6) is 0 Å². The smallest absolute Gasteiger partial charge is 0.254 e. The normalized spacial score (nSPS) is 14.7. The molecule has 154 valence electrons. The van der Waals surface area contributed by atoms with Gasteiger partial charge in [-0.1, -0.05) is 17.7 Å². The van der Waals surface area contributed by atoms with Crippen molar-refractivity contribution in [1.29, 1.82) is 0 Å². The molecular weight excluding hydrogens is 369 g/mol. The molecule has 1 N–H and O–H groups in total. The highest BCUT2D eigenvalue weighted by molar-refractivity contribution is 5.97. The summed E-state index contributed by atoms with van der Waals surface area (Å²) in [7, 11) is 0. The second-order valence-corrected chi connectivity index (χ2v) is 7.67. The van der Waals surface area contributed by atoms with Gasteiger partial charge in [0.25, 0.3) is 11.8 Å². The summed E-state index contributed by atoms with van der Waals surface area (Å²) >= 11 is 0. The standard InChI is InChI=1S/C23H28FN3O2/c1-16-14-17(2)21(18(3)15-16)23(29)27-12-10-26(11-13-27)9-8-25-22(28)19-4-6-20(24)7-5-19/h4-7,14-15H,8-13H2,1-3H3,(H,25,28). The van der Waals surface area contributed by atoms with E-state index in [-0.39, 0.29) is 17.6 Å². The van der Waals surface area contributed by atoms with E-state index in [0.717, 1.165) is 36.3 Å². The van der Waals surface area contributed by atoms with E-state index in [0.29, 0.717) is 25.2 Å². The van der Waals surface area contributed by atoms with Gasteiger partial charge in [0.1, 0.15) is 5.82 Å². The van der Waals surface area contributed by atoms with Crippen LogP contribution < -0.4 is 5.32 Å². The van der Waals surface area contributed by atoms with Crippen molar-refractivity contribution in [2.24, 2.45) is 0 Å². The second kappa shape index (κ2) is 9.18. The van der Waals surface area contributed by atoms with E-state index in [2.05, 4.69) is 22.3 Å². The summed E-state index contributed by atoms with van der Waals surface area (Å²) in [5.41, 5.74) is 4.49. The Morgan fingerprint density at radius 1 is 0.966 bits per heavy atom. The van der Waals surface area contributed by atoms with Gasteiger partial charge < -0.3 is 10.2 Å². The molecule has 2 amide bonds. The number of halogens is 1. The Labute approximate surface area is 171 Å². The maximum Gasteiger partial charge on any atom is 0.254 e. The Morgan fingerprint density at radius 2 is 1.55 bits per heavy atom. The molecule has 0 aliphatic carbocycles. The average Bonchev–Trinajstić information content (AvgIpc) is 2.68. The Balaban J connectivity index is 1.46. The largest absolute Gasteiger partial charge is 0.351 e. The van der Waals surface area contributed by atoms with Gasteiger partial charge in [0.2, 0.25) is 0 Å². The summed E-state index contributed by atoms with van der Waals surface area (Å²) in [5.74, 6) is -0.460. The van der Waals surface area contributed by atoms with Crippen molar-refractivity contribution in [2.45, 2.75) is 20.8 Å². The van der Waals surface area contributed by atoms with Gasteiger partial charge in [-0.3, -0.25) is 14.5 Å². The molecule has 0 aromatic heterocycles. The minimum absolute atomic E-state index is 0.101. The van der Waals surface area contributed by atoms with Crippen molar-refractivity contribution in [2.75, 3.05) is 39.3 Å². The number of hydrogen-bond donors (Lipinski definition) is 1. The number of nitrogens with zero attached hydrogens (tertiary/aromatic N) is 2. The Bertz CT molecular complexity index is 864. The third-order valence-electron chi connectivity index (χ3n) is 5.37. The Kier molecular flexibility index (Phi) is 6.64. The lowest BCUT2D eigenvalue weighted by Gasteiger charge is -2.35. The van der Waals surface area contributed by atoms with Gasteiger partial charge in [0.05, 0.1) is 0 Å². The number of carbonyl (C=O) groups is 2. The van der Waals surface area contributed by atoms with Crippen LogP contribution in [-0.2, 0) is 0 Å². The van der Waals surface area contributed by atoms with E-state index in [1.54, 1.807) is 0 Å². The van der Waals surface area contributed by atoms with Crippen LogP contribution >= 0.6 is 0 Å². The topological polar surface area (TPSA) is 52.7 Å². The number of nitrogens with one attached hydrogen (secondary N) is 1. The summed E-state index contributed by atoms with van der Waals surface area (Å²) in [5, 5.41) is 2.86. The van der Waals surface area contributed by atoms with Crippen molar-refractivity contribution in [1.82, 2.24) is 15.1 Å². The highest BCUT2D eigenvalue weighted by atomic mass is 19.1. The molecule has 0 saturated carbocycles. The molecule has 0 atom stereocenters. The fourth-order valence-electron chi connectivity index (χ4n) is 3.88. The Morgan fingerprint density at radius 3 is 2.14 bits per heavy atom. The Hall–Kier alpha value is -2.73. The molecule has 0 unspecified atom stereocenters. The third kappa shape index (κ3) is 5.21. The lowest BCUT2D eigenvalue weighted by molar-refractivity contribution is 0.0636. The molecule has 3 rings (SSSR count). The molecule has 0 radical (unpaired) electrons. The van der Waals surface area contributed by atoms with E-state index < -0.39 is 0 Å². The highest BCUT2D eigenvalue weighted by Crippen LogP contribution is 2.19. The molecule has 6 heteroatoms. The van der Waals surface area contributed by atoms with Crippen LogP contribution in [0.25, 0.3) is 0 Å². The maximum absolute atomic E-state index is 13.0. The molecule has 1 aliphatic rings. The van der Waals surface area contributed by atoms with E-state index in [4.69, 9.17) is 0 Å². The first kappa shape index (κ1) is 21.0. The van der Waals surface area contributed by atoms with E-state index in [9.17, 15) is 14.0 Å². The molecule has 1 saturated heterocycles. The van der Waals surface area contributed by atoms with Gasteiger partial charge in [0.15, 0.2) is 0 Å². The quantitative estimate of drug-likeness (QED) is 0.844. The summed E-state index contributed by atoms with van der Waals surface area (Å²) in [6.45, 7) is 10.2. The van der Waals surface area contributed by atoms with E-state index in [1.165, 1.54) is 29.8 Å². The minimum Gasteiger partial charge on any atom is -0.351 e. The zero-order valence-electron chi connectivity index (χ0n) is 17.3. The predicted molar refractivity (Wildman–Crippen MR) is 112 cm³/mol. The zero-order chi connectivity index (χ0) is 21.0. The summed E-state index contributed by atoms with van der Waals surface area (Å²) in [6, 6.07) is 9.63.